The van der Waals surface area contributed by atoms with Gasteiger partial charge in [-0.25, -0.2) is 4.79 Å². The number of hydrogen-bond acceptors (Lipinski definition) is 2. The van der Waals surface area contributed by atoms with E-state index in [0.29, 0.717) is 11.3 Å². The van der Waals surface area contributed by atoms with Gasteiger partial charge in [-0.1, -0.05) is 25.3 Å². The number of benzene rings is 1. The van der Waals surface area contributed by atoms with E-state index in [1.165, 1.54) is 19.3 Å². The smallest absolute Gasteiger partial charge is 0.319 e. The fourth-order valence-corrected chi connectivity index (χ4v) is 2.27. The van der Waals surface area contributed by atoms with Crippen molar-refractivity contribution in [3.63, 3.8) is 0 Å². The summed E-state index contributed by atoms with van der Waals surface area (Å²) in [5, 5.41) is 14.5. The number of hydrogen-bond donors (Lipinski definition) is 2. The average Bonchev–Trinajstić information content (AvgIpc) is 2.40. The van der Waals surface area contributed by atoms with Gasteiger partial charge in [0.15, 0.2) is 0 Å². The monoisotopic (exact) mass is 243 g/mol. The summed E-state index contributed by atoms with van der Waals surface area (Å²) in [5.41, 5.74) is 1.20. The van der Waals surface area contributed by atoms with Gasteiger partial charge in [0.25, 0.3) is 0 Å². The van der Waals surface area contributed by atoms with E-state index in [9.17, 15) is 4.79 Å². The molecule has 1 aromatic rings. The van der Waals surface area contributed by atoms with Crippen molar-refractivity contribution in [1.82, 2.24) is 5.32 Å². The van der Waals surface area contributed by atoms with Gasteiger partial charge in [0.05, 0.1) is 11.6 Å². The van der Waals surface area contributed by atoms with Gasteiger partial charge in [0, 0.05) is 11.7 Å². The van der Waals surface area contributed by atoms with Crippen LogP contribution in [-0.2, 0) is 0 Å². The second-order valence-electron chi connectivity index (χ2n) is 4.63. The number of rotatable bonds is 2. The van der Waals surface area contributed by atoms with Gasteiger partial charge in [-0.2, -0.15) is 5.26 Å². The van der Waals surface area contributed by atoms with Crippen molar-refractivity contribution in [3.05, 3.63) is 29.8 Å². The molecule has 1 aliphatic rings. The molecule has 0 bridgehead atoms. The minimum absolute atomic E-state index is 0.183. The molecule has 1 aliphatic carbocycles. The summed E-state index contributed by atoms with van der Waals surface area (Å²) in [6, 6.07) is 9.07. The van der Waals surface area contributed by atoms with Gasteiger partial charge in [0.1, 0.15) is 0 Å². The SMILES string of the molecule is N#Cc1cccc(NC(=O)NC2CCCCC2)c1. The lowest BCUT2D eigenvalue weighted by Crippen LogP contribution is -2.39. The topological polar surface area (TPSA) is 64.9 Å². The first kappa shape index (κ1) is 12.4. The third kappa shape index (κ3) is 3.49. The number of amides is 2. The number of carbonyl (C=O) groups excluding carboxylic acids is 1. The number of nitriles is 1. The molecule has 94 valence electrons. The molecule has 18 heavy (non-hydrogen) atoms. The standard InChI is InChI=1S/C14H17N3O/c15-10-11-5-4-8-13(9-11)17-14(18)16-12-6-2-1-3-7-12/h4-5,8-9,12H,1-3,6-7H2,(H2,16,17,18). The van der Waals surface area contributed by atoms with E-state index in [1.807, 2.05) is 0 Å². The Morgan fingerprint density at radius 2 is 2.06 bits per heavy atom. The van der Waals surface area contributed by atoms with Crippen LogP contribution in [0.3, 0.4) is 0 Å². The maximum atomic E-state index is 11.8. The summed E-state index contributed by atoms with van der Waals surface area (Å²) in [5.74, 6) is 0. The molecule has 0 saturated heterocycles. The van der Waals surface area contributed by atoms with Crippen molar-refractivity contribution in [2.75, 3.05) is 5.32 Å². The molecule has 0 heterocycles. The number of anilines is 1. The van der Waals surface area contributed by atoms with Gasteiger partial charge in [-0.15, -0.1) is 0 Å². The highest BCUT2D eigenvalue weighted by atomic mass is 16.2. The van der Waals surface area contributed by atoms with Crippen LogP contribution in [-0.4, -0.2) is 12.1 Å². The zero-order valence-electron chi connectivity index (χ0n) is 10.3. The highest BCUT2D eigenvalue weighted by Gasteiger charge is 2.15. The Hall–Kier alpha value is -2.02. The molecule has 0 atom stereocenters. The molecule has 0 aromatic heterocycles. The summed E-state index contributed by atoms with van der Waals surface area (Å²) in [6.07, 6.45) is 5.77. The Kier molecular flexibility index (Phi) is 4.19. The second kappa shape index (κ2) is 6.06. The molecule has 2 N–H and O–H groups in total. The molecule has 2 rings (SSSR count). The van der Waals surface area contributed by atoms with Crippen LogP contribution >= 0.6 is 0 Å². The predicted molar refractivity (Wildman–Crippen MR) is 70.2 cm³/mol. The minimum atomic E-state index is -0.183. The molecule has 1 fully saturated rings. The van der Waals surface area contributed by atoms with E-state index in [0.717, 1.165) is 12.8 Å². The lowest BCUT2D eigenvalue weighted by molar-refractivity contribution is 0.244. The van der Waals surface area contributed by atoms with Gasteiger partial charge < -0.3 is 10.6 Å². The van der Waals surface area contributed by atoms with Crippen LogP contribution < -0.4 is 10.6 Å². The molecular weight excluding hydrogens is 226 g/mol. The Morgan fingerprint density at radius 1 is 1.28 bits per heavy atom. The predicted octanol–water partition coefficient (Wildman–Crippen LogP) is 3.01. The van der Waals surface area contributed by atoms with Crippen LogP contribution in [0.15, 0.2) is 24.3 Å². The molecule has 2 amide bonds. The number of nitrogens with one attached hydrogen (secondary N) is 2. The first-order valence-corrected chi connectivity index (χ1v) is 6.35. The Morgan fingerprint density at radius 3 is 2.78 bits per heavy atom. The highest BCUT2D eigenvalue weighted by Crippen LogP contribution is 2.17. The number of urea groups is 1. The van der Waals surface area contributed by atoms with Crippen molar-refractivity contribution in [2.45, 2.75) is 38.1 Å². The molecule has 0 aliphatic heterocycles. The fraction of sp³-hybridized carbons (Fsp3) is 0.429. The summed E-state index contributed by atoms with van der Waals surface area (Å²) >= 11 is 0. The summed E-state index contributed by atoms with van der Waals surface area (Å²) < 4.78 is 0. The van der Waals surface area contributed by atoms with Crippen molar-refractivity contribution in [1.29, 1.82) is 5.26 Å². The van der Waals surface area contributed by atoms with Crippen LogP contribution in [0.2, 0.25) is 0 Å². The van der Waals surface area contributed by atoms with Gasteiger partial charge >= 0.3 is 6.03 Å². The van der Waals surface area contributed by atoms with Crippen LogP contribution in [0.5, 0.6) is 0 Å². The molecule has 1 aromatic carbocycles. The lowest BCUT2D eigenvalue weighted by atomic mass is 9.96. The van der Waals surface area contributed by atoms with Crippen molar-refractivity contribution < 1.29 is 4.79 Å². The largest absolute Gasteiger partial charge is 0.335 e. The molecule has 1 saturated carbocycles. The van der Waals surface area contributed by atoms with Crippen molar-refractivity contribution in [2.24, 2.45) is 0 Å². The van der Waals surface area contributed by atoms with Crippen molar-refractivity contribution >= 4 is 11.7 Å². The Labute approximate surface area is 107 Å². The van der Waals surface area contributed by atoms with Crippen LogP contribution in [0.25, 0.3) is 0 Å². The van der Waals surface area contributed by atoms with Gasteiger partial charge in [0.2, 0.25) is 0 Å². The van der Waals surface area contributed by atoms with Crippen LogP contribution in [0.4, 0.5) is 10.5 Å². The highest BCUT2D eigenvalue weighted by molar-refractivity contribution is 5.89. The Balaban J connectivity index is 1.88. The second-order valence-corrected chi connectivity index (χ2v) is 4.63. The maximum Gasteiger partial charge on any atom is 0.319 e. The van der Waals surface area contributed by atoms with Crippen LogP contribution in [0, 0.1) is 11.3 Å². The zero-order chi connectivity index (χ0) is 12.8. The normalized spacial score (nSPS) is 15.7. The molecule has 0 radical (unpaired) electrons. The molecule has 0 spiro atoms. The first-order valence-electron chi connectivity index (χ1n) is 6.35. The first-order chi connectivity index (χ1) is 8.78. The third-order valence-electron chi connectivity index (χ3n) is 3.19. The van der Waals surface area contributed by atoms with E-state index in [1.54, 1.807) is 24.3 Å². The molecule has 0 unspecified atom stereocenters. The number of nitrogens with zero attached hydrogens (tertiary/aromatic N) is 1. The van der Waals surface area contributed by atoms with E-state index in [-0.39, 0.29) is 12.1 Å². The summed E-state index contributed by atoms with van der Waals surface area (Å²) in [4.78, 5) is 11.8. The zero-order valence-corrected chi connectivity index (χ0v) is 10.3. The van der Waals surface area contributed by atoms with Crippen LogP contribution in [0.1, 0.15) is 37.7 Å². The van der Waals surface area contributed by atoms with E-state index in [2.05, 4.69) is 16.7 Å². The van der Waals surface area contributed by atoms with Gasteiger partial charge in [-0.3, -0.25) is 0 Å². The van der Waals surface area contributed by atoms with E-state index in [4.69, 9.17) is 5.26 Å². The average molecular weight is 243 g/mol. The Bertz CT molecular complexity index is 458. The maximum absolute atomic E-state index is 11.8. The summed E-state index contributed by atoms with van der Waals surface area (Å²) in [7, 11) is 0. The van der Waals surface area contributed by atoms with Gasteiger partial charge in [-0.05, 0) is 31.0 Å². The van der Waals surface area contributed by atoms with Crippen molar-refractivity contribution in [3.8, 4) is 6.07 Å². The number of carbonyl (C=O) groups is 1. The quantitative estimate of drug-likeness (QED) is 0.838. The molecular formula is C14H17N3O. The minimum Gasteiger partial charge on any atom is -0.335 e. The summed E-state index contributed by atoms with van der Waals surface area (Å²) in [6.45, 7) is 0. The molecule has 4 heteroatoms. The lowest BCUT2D eigenvalue weighted by Gasteiger charge is -2.22. The molecule has 4 nitrogen and oxygen atoms in total. The van der Waals surface area contributed by atoms with E-state index >= 15 is 0 Å². The third-order valence-corrected chi connectivity index (χ3v) is 3.19. The fourth-order valence-electron chi connectivity index (χ4n) is 2.27. The van der Waals surface area contributed by atoms with E-state index < -0.39 is 0 Å².